The highest BCUT2D eigenvalue weighted by atomic mass is 16.3. The Kier molecular flexibility index (Phi) is 2.76. The van der Waals surface area contributed by atoms with E-state index in [2.05, 4.69) is 10.2 Å². The van der Waals surface area contributed by atoms with Crippen molar-refractivity contribution in [2.45, 2.75) is 19.0 Å². The molecule has 1 aromatic rings. The van der Waals surface area contributed by atoms with Crippen LogP contribution in [-0.4, -0.2) is 24.2 Å². The SMILES string of the molecule is O=CN[C@@H]1CCCN1c1ccc(O)cc1. The lowest BCUT2D eigenvalue weighted by molar-refractivity contribution is -0.110. The van der Waals surface area contributed by atoms with Crippen molar-refractivity contribution in [3.05, 3.63) is 24.3 Å². The second-order valence-electron chi connectivity index (χ2n) is 3.65. The molecule has 0 saturated carbocycles. The fourth-order valence-corrected chi connectivity index (χ4v) is 1.97. The van der Waals surface area contributed by atoms with E-state index >= 15 is 0 Å². The summed E-state index contributed by atoms with van der Waals surface area (Å²) in [5.41, 5.74) is 1.03. The van der Waals surface area contributed by atoms with Crippen molar-refractivity contribution in [1.82, 2.24) is 5.32 Å². The molecular weight excluding hydrogens is 192 g/mol. The lowest BCUT2D eigenvalue weighted by Crippen LogP contribution is -2.40. The number of hydrogen-bond donors (Lipinski definition) is 2. The van der Waals surface area contributed by atoms with Crippen LogP contribution >= 0.6 is 0 Å². The molecule has 1 heterocycles. The number of rotatable bonds is 3. The Morgan fingerprint density at radius 1 is 1.40 bits per heavy atom. The maximum absolute atomic E-state index is 10.4. The van der Waals surface area contributed by atoms with E-state index in [1.165, 1.54) is 0 Å². The Morgan fingerprint density at radius 3 is 2.80 bits per heavy atom. The third kappa shape index (κ3) is 2.03. The fraction of sp³-hybridized carbons (Fsp3) is 0.364. The molecule has 1 amide bonds. The highest BCUT2D eigenvalue weighted by molar-refractivity contribution is 5.54. The molecule has 0 spiro atoms. The average molecular weight is 206 g/mol. The molecule has 15 heavy (non-hydrogen) atoms. The number of carbonyl (C=O) groups is 1. The molecule has 2 N–H and O–H groups in total. The van der Waals surface area contributed by atoms with E-state index in [1.807, 2.05) is 12.1 Å². The maximum atomic E-state index is 10.4. The van der Waals surface area contributed by atoms with Crippen molar-refractivity contribution < 1.29 is 9.90 Å². The maximum Gasteiger partial charge on any atom is 0.208 e. The van der Waals surface area contributed by atoms with Gasteiger partial charge in [-0.05, 0) is 37.1 Å². The molecule has 1 aromatic carbocycles. The number of hydrogen-bond acceptors (Lipinski definition) is 3. The van der Waals surface area contributed by atoms with Crippen molar-refractivity contribution in [2.24, 2.45) is 0 Å². The predicted molar refractivity (Wildman–Crippen MR) is 57.7 cm³/mol. The standard InChI is InChI=1S/C11H14N2O2/c14-8-12-11-2-1-7-13(11)9-3-5-10(15)6-4-9/h3-6,8,11,15H,1-2,7H2,(H,12,14)/t11-/m0/s1. The second kappa shape index (κ2) is 4.21. The molecule has 0 unspecified atom stereocenters. The van der Waals surface area contributed by atoms with E-state index in [9.17, 15) is 9.90 Å². The molecule has 1 fully saturated rings. The monoisotopic (exact) mass is 206 g/mol. The van der Waals surface area contributed by atoms with Gasteiger partial charge in [-0.3, -0.25) is 4.79 Å². The number of nitrogens with one attached hydrogen (secondary N) is 1. The Labute approximate surface area is 88.5 Å². The lowest BCUT2D eigenvalue weighted by Gasteiger charge is -2.26. The number of aromatic hydroxyl groups is 1. The first kappa shape index (κ1) is 9.83. The molecule has 1 saturated heterocycles. The van der Waals surface area contributed by atoms with Crippen LogP contribution in [0.25, 0.3) is 0 Å². The summed E-state index contributed by atoms with van der Waals surface area (Å²) >= 11 is 0. The van der Waals surface area contributed by atoms with Gasteiger partial charge in [-0.1, -0.05) is 0 Å². The Morgan fingerprint density at radius 2 is 2.13 bits per heavy atom. The molecule has 0 radical (unpaired) electrons. The largest absolute Gasteiger partial charge is 0.508 e. The highest BCUT2D eigenvalue weighted by Crippen LogP contribution is 2.25. The van der Waals surface area contributed by atoms with Crippen LogP contribution in [0, 0.1) is 0 Å². The number of phenolic OH excluding ortho intramolecular Hbond substituents is 1. The molecule has 1 aliphatic heterocycles. The van der Waals surface area contributed by atoms with Gasteiger partial charge in [-0.15, -0.1) is 0 Å². The normalized spacial score (nSPS) is 20.3. The van der Waals surface area contributed by atoms with Crippen LogP contribution in [0.1, 0.15) is 12.8 Å². The third-order valence-electron chi connectivity index (χ3n) is 2.69. The van der Waals surface area contributed by atoms with Gasteiger partial charge in [0.25, 0.3) is 0 Å². The molecule has 0 aromatic heterocycles. The summed E-state index contributed by atoms with van der Waals surface area (Å²) in [6.45, 7) is 0.941. The van der Waals surface area contributed by atoms with Crippen molar-refractivity contribution in [1.29, 1.82) is 0 Å². The zero-order valence-electron chi connectivity index (χ0n) is 8.39. The Balaban J connectivity index is 2.15. The number of amides is 1. The average Bonchev–Trinajstić information content (AvgIpc) is 2.68. The summed E-state index contributed by atoms with van der Waals surface area (Å²) in [6, 6.07) is 7.04. The molecule has 80 valence electrons. The fourth-order valence-electron chi connectivity index (χ4n) is 1.97. The highest BCUT2D eigenvalue weighted by Gasteiger charge is 2.23. The minimum Gasteiger partial charge on any atom is -0.508 e. The molecule has 1 atom stereocenters. The van der Waals surface area contributed by atoms with Crippen LogP contribution in [0.2, 0.25) is 0 Å². The van der Waals surface area contributed by atoms with Gasteiger partial charge >= 0.3 is 0 Å². The van der Waals surface area contributed by atoms with Crippen molar-refractivity contribution >= 4 is 12.1 Å². The number of phenols is 1. The number of nitrogens with zero attached hydrogens (tertiary/aromatic N) is 1. The summed E-state index contributed by atoms with van der Waals surface area (Å²) in [6.07, 6.45) is 2.88. The molecule has 1 aliphatic rings. The van der Waals surface area contributed by atoms with Gasteiger partial charge in [0.15, 0.2) is 0 Å². The quantitative estimate of drug-likeness (QED) is 0.727. The van der Waals surface area contributed by atoms with E-state index in [1.54, 1.807) is 12.1 Å². The predicted octanol–water partition coefficient (Wildman–Crippen LogP) is 1.06. The second-order valence-corrected chi connectivity index (χ2v) is 3.65. The van der Waals surface area contributed by atoms with Crippen molar-refractivity contribution in [3.63, 3.8) is 0 Å². The van der Waals surface area contributed by atoms with Gasteiger partial charge in [0.05, 0.1) is 0 Å². The van der Waals surface area contributed by atoms with Crippen molar-refractivity contribution in [2.75, 3.05) is 11.4 Å². The Bertz CT molecular complexity index is 337. The van der Waals surface area contributed by atoms with E-state index in [-0.39, 0.29) is 11.9 Å². The summed E-state index contributed by atoms with van der Waals surface area (Å²) in [5, 5.41) is 12.0. The number of benzene rings is 1. The molecule has 2 rings (SSSR count). The van der Waals surface area contributed by atoms with E-state index < -0.39 is 0 Å². The molecular formula is C11H14N2O2. The zero-order chi connectivity index (χ0) is 10.7. The first-order valence-electron chi connectivity index (χ1n) is 5.06. The minimum absolute atomic E-state index is 0.0899. The van der Waals surface area contributed by atoms with E-state index in [0.29, 0.717) is 0 Å². The van der Waals surface area contributed by atoms with Crippen LogP contribution in [0.3, 0.4) is 0 Å². The molecule has 0 bridgehead atoms. The van der Waals surface area contributed by atoms with E-state index in [0.717, 1.165) is 31.5 Å². The van der Waals surface area contributed by atoms with Crippen LogP contribution in [0.5, 0.6) is 5.75 Å². The third-order valence-corrected chi connectivity index (χ3v) is 2.69. The molecule has 4 nitrogen and oxygen atoms in total. The van der Waals surface area contributed by atoms with Crippen LogP contribution in [0.15, 0.2) is 24.3 Å². The zero-order valence-corrected chi connectivity index (χ0v) is 8.39. The lowest BCUT2D eigenvalue weighted by atomic mass is 10.2. The first-order valence-corrected chi connectivity index (χ1v) is 5.06. The van der Waals surface area contributed by atoms with Crippen LogP contribution < -0.4 is 10.2 Å². The van der Waals surface area contributed by atoms with Crippen molar-refractivity contribution in [3.8, 4) is 5.75 Å². The number of anilines is 1. The van der Waals surface area contributed by atoms with E-state index in [4.69, 9.17) is 0 Å². The molecule has 0 aliphatic carbocycles. The van der Waals surface area contributed by atoms with Crippen LogP contribution in [-0.2, 0) is 4.79 Å². The van der Waals surface area contributed by atoms with Gasteiger partial charge < -0.3 is 15.3 Å². The van der Waals surface area contributed by atoms with Gasteiger partial charge in [0.1, 0.15) is 11.9 Å². The summed E-state index contributed by atoms with van der Waals surface area (Å²) < 4.78 is 0. The van der Waals surface area contributed by atoms with Gasteiger partial charge in [-0.2, -0.15) is 0 Å². The summed E-state index contributed by atoms with van der Waals surface area (Å²) in [5.74, 6) is 0.262. The Hall–Kier alpha value is -1.71. The minimum atomic E-state index is 0.0899. The summed E-state index contributed by atoms with van der Waals surface area (Å²) in [7, 11) is 0. The smallest absolute Gasteiger partial charge is 0.208 e. The molecule has 4 heteroatoms. The topological polar surface area (TPSA) is 52.6 Å². The first-order chi connectivity index (χ1) is 7.31. The van der Waals surface area contributed by atoms with Gasteiger partial charge in [-0.25, -0.2) is 0 Å². The van der Waals surface area contributed by atoms with Crippen LogP contribution in [0.4, 0.5) is 5.69 Å². The number of carbonyl (C=O) groups excluding carboxylic acids is 1. The van der Waals surface area contributed by atoms with Gasteiger partial charge in [0, 0.05) is 12.2 Å². The van der Waals surface area contributed by atoms with Gasteiger partial charge in [0.2, 0.25) is 6.41 Å². The summed E-state index contributed by atoms with van der Waals surface area (Å²) in [4.78, 5) is 12.5.